The van der Waals surface area contributed by atoms with Crippen molar-refractivity contribution in [3.05, 3.63) is 89.2 Å². The van der Waals surface area contributed by atoms with Gasteiger partial charge in [0.1, 0.15) is 35.8 Å². The molecule has 3 aromatic rings. The third-order valence-electron chi connectivity index (χ3n) is 5.09. The van der Waals surface area contributed by atoms with Crippen LogP contribution in [0.1, 0.15) is 32.4 Å². The van der Waals surface area contributed by atoms with Crippen molar-refractivity contribution in [1.29, 1.82) is 0 Å². The Kier molecular flexibility index (Phi) is 5.58. The van der Waals surface area contributed by atoms with Crippen molar-refractivity contribution < 1.29 is 33.3 Å². The van der Waals surface area contributed by atoms with Crippen LogP contribution in [0.5, 0.6) is 17.2 Å². The van der Waals surface area contributed by atoms with E-state index in [0.29, 0.717) is 28.2 Å². The van der Waals surface area contributed by atoms with Gasteiger partial charge in [0, 0.05) is 17.2 Å². The van der Waals surface area contributed by atoms with E-state index in [2.05, 4.69) is 0 Å². The van der Waals surface area contributed by atoms with Crippen LogP contribution < -0.4 is 9.47 Å². The van der Waals surface area contributed by atoms with Crippen LogP contribution in [0.25, 0.3) is 0 Å². The summed E-state index contributed by atoms with van der Waals surface area (Å²) in [6.45, 7) is 0.0254. The number of benzene rings is 3. The summed E-state index contributed by atoms with van der Waals surface area (Å²) in [4.78, 5) is 24.8. The minimum atomic E-state index is -0.717. The number of halogens is 1. The SMILES string of the molecule is COC(=O)c1ccc(OC2c3ccc(O)cc3OCC2C(=O)c2ccc(F)cc2)cc1. The Balaban J connectivity index is 1.67. The Bertz CT molecular complexity index is 1110. The number of Topliss-reactive ketones (excluding diaryl/α,β-unsaturated/α-hetero) is 1. The van der Waals surface area contributed by atoms with Crippen LogP contribution in [-0.2, 0) is 4.74 Å². The third-order valence-corrected chi connectivity index (χ3v) is 5.09. The van der Waals surface area contributed by atoms with E-state index in [4.69, 9.17) is 14.2 Å². The van der Waals surface area contributed by atoms with Gasteiger partial charge in [-0.1, -0.05) is 0 Å². The summed E-state index contributed by atoms with van der Waals surface area (Å²) in [6, 6.07) is 16.2. The van der Waals surface area contributed by atoms with Gasteiger partial charge in [0.05, 0.1) is 18.6 Å². The molecule has 0 fully saturated rings. The fourth-order valence-electron chi connectivity index (χ4n) is 3.49. The molecule has 1 aliphatic heterocycles. The van der Waals surface area contributed by atoms with Crippen LogP contribution in [-0.4, -0.2) is 30.6 Å². The van der Waals surface area contributed by atoms with Gasteiger partial charge in [-0.3, -0.25) is 4.79 Å². The molecule has 7 heteroatoms. The summed E-state index contributed by atoms with van der Waals surface area (Å²) >= 11 is 0. The van der Waals surface area contributed by atoms with Crippen molar-refractivity contribution in [2.24, 2.45) is 5.92 Å². The number of fused-ring (bicyclic) bond motifs is 1. The first-order valence-corrected chi connectivity index (χ1v) is 9.57. The Morgan fingerprint density at radius 1 is 1.00 bits per heavy atom. The number of esters is 1. The van der Waals surface area contributed by atoms with Gasteiger partial charge in [-0.05, 0) is 60.7 Å². The number of aromatic hydroxyl groups is 1. The quantitative estimate of drug-likeness (QED) is 0.487. The number of carbonyl (C=O) groups excluding carboxylic acids is 2. The minimum absolute atomic E-state index is 0.0254. The number of ketones is 1. The molecule has 0 radical (unpaired) electrons. The van der Waals surface area contributed by atoms with E-state index < -0.39 is 23.8 Å². The topological polar surface area (TPSA) is 82.1 Å². The van der Waals surface area contributed by atoms with E-state index >= 15 is 0 Å². The first-order valence-electron chi connectivity index (χ1n) is 9.57. The molecule has 0 spiro atoms. The summed E-state index contributed by atoms with van der Waals surface area (Å²) in [5.74, 6) is -0.977. The highest BCUT2D eigenvalue weighted by molar-refractivity contribution is 5.98. The van der Waals surface area contributed by atoms with Crippen LogP contribution in [0, 0.1) is 11.7 Å². The predicted octanol–water partition coefficient (Wildman–Crippen LogP) is 4.33. The zero-order chi connectivity index (χ0) is 22.0. The minimum Gasteiger partial charge on any atom is -0.508 e. The summed E-state index contributed by atoms with van der Waals surface area (Å²) < 4.78 is 29.9. The lowest BCUT2D eigenvalue weighted by molar-refractivity contribution is 0.0517. The fourth-order valence-corrected chi connectivity index (χ4v) is 3.49. The maximum Gasteiger partial charge on any atom is 0.337 e. The molecule has 0 saturated carbocycles. The van der Waals surface area contributed by atoms with Gasteiger partial charge < -0.3 is 19.3 Å². The second-order valence-electron chi connectivity index (χ2n) is 7.07. The Morgan fingerprint density at radius 3 is 2.35 bits per heavy atom. The molecule has 2 atom stereocenters. The number of methoxy groups -OCH3 is 1. The van der Waals surface area contributed by atoms with Crippen LogP contribution in [0.2, 0.25) is 0 Å². The van der Waals surface area contributed by atoms with Gasteiger partial charge in [0.2, 0.25) is 0 Å². The zero-order valence-electron chi connectivity index (χ0n) is 16.6. The Labute approximate surface area is 177 Å². The monoisotopic (exact) mass is 422 g/mol. The van der Waals surface area contributed by atoms with E-state index in [0.717, 1.165) is 0 Å². The second-order valence-corrected chi connectivity index (χ2v) is 7.07. The van der Waals surface area contributed by atoms with Crippen molar-refractivity contribution >= 4 is 11.8 Å². The van der Waals surface area contributed by atoms with Crippen molar-refractivity contribution in [2.45, 2.75) is 6.10 Å². The van der Waals surface area contributed by atoms with Gasteiger partial charge in [-0.25, -0.2) is 9.18 Å². The van der Waals surface area contributed by atoms with Gasteiger partial charge in [-0.15, -0.1) is 0 Å². The lowest BCUT2D eigenvalue weighted by Crippen LogP contribution is -2.35. The molecular weight excluding hydrogens is 403 g/mol. The van der Waals surface area contributed by atoms with Crippen LogP contribution in [0.4, 0.5) is 4.39 Å². The smallest absolute Gasteiger partial charge is 0.337 e. The molecule has 6 nitrogen and oxygen atoms in total. The maximum absolute atomic E-state index is 13.3. The normalized spacial score (nSPS) is 17.2. The van der Waals surface area contributed by atoms with E-state index in [1.807, 2.05) is 0 Å². The van der Waals surface area contributed by atoms with Gasteiger partial charge >= 0.3 is 5.97 Å². The standard InChI is InChI=1S/C24H19FO6/c1-29-24(28)15-4-9-18(10-5-15)31-23-19-11-8-17(26)12-21(19)30-13-20(23)22(27)14-2-6-16(25)7-3-14/h2-12,20,23,26H,13H2,1H3. The molecule has 3 aromatic carbocycles. The first kappa shape index (κ1) is 20.4. The predicted molar refractivity (Wildman–Crippen MR) is 109 cm³/mol. The summed E-state index contributed by atoms with van der Waals surface area (Å²) in [7, 11) is 1.30. The van der Waals surface area contributed by atoms with Crippen LogP contribution in [0.15, 0.2) is 66.7 Å². The average molecular weight is 422 g/mol. The summed E-state index contributed by atoms with van der Waals surface area (Å²) in [5, 5.41) is 9.78. The number of ether oxygens (including phenoxy) is 3. The molecular formula is C24H19FO6. The highest BCUT2D eigenvalue weighted by atomic mass is 19.1. The van der Waals surface area contributed by atoms with E-state index in [1.165, 1.54) is 43.5 Å². The molecule has 1 heterocycles. The molecule has 1 N–H and O–H groups in total. The van der Waals surface area contributed by atoms with Crippen molar-refractivity contribution in [3.8, 4) is 17.2 Å². The van der Waals surface area contributed by atoms with E-state index in [-0.39, 0.29) is 18.1 Å². The lowest BCUT2D eigenvalue weighted by atomic mass is 9.86. The molecule has 0 saturated heterocycles. The Hall–Kier alpha value is -3.87. The number of hydrogen-bond donors (Lipinski definition) is 1. The highest BCUT2D eigenvalue weighted by Crippen LogP contribution is 2.41. The Morgan fingerprint density at radius 2 is 1.68 bits per heavy atom. The van der Waals surface area contributed by atoms with Crippen LogP contribution >= 0.6 is 0 Å². The fraction of sp³-hybridized carbons (Fsp3) is 0.167. The molecule has 0 amide bonds. The van der Waals surface area contributed by atoms with Crippen molar-refractivity contribution in [3.63, 3.8) is 0 Å². The van der Waals surface area contributed by atoms with Crippen LogP contribution in [0.3, 0.4) is 0 Å². The number of carbonyl (C=O) groups is 2. The van der Waals surface area contributed by atoms with Crippen molar-refractivity contribution in [1.82, 2.24) is 0 Å². The van der Waals surface area contributed by atoms with E-state index in [1.54, 1.807) is 30.3 Å². The largest absolute Gasteiger partial charge is 0.508 e. The number of rotatable bonds is 5. The molecule has 0 aromatic heterocycles. The zero-order valence-corrected chi connectivity index (χ0v) is 16.6. The van der Waals surface area contributed by atoms with E-state index in [9.17, 15) is 19.1 Å². The highest BCUT2D eigenvalue weighted by Gasteiger charge is 2.38. The first-order chi connectivity index (χ1) is 15.0. The van der Waals surface area contributed by atoms with Gasteiger partial charge in [0.25, 0.3) is 0 Å². The molecule has 158 valence electrons. The van der Waals surface area contributed by atoms with Gasteiger partial charge in [0.15, 0.2) is 5.78 Å². The summed E-state index contributed by atoms with van der Waals surface area (Å²) in [6.07, 6.45) is -0.717. The van der Waals surface area contributed by atoms with Gasteiger partial charge in [-0.2, -0.15) is 0 Å². The lowest BCUT2D eigenvalue weighted by Gasteiger charge is -2.33. The maximum atomic E-state index is 13.3. The third kappa shape index (κ3) is 4.21. The molecule has 0 bridgehead atoms. The molecule has 0 aliphatic carbocycles. The molecule has 31 heavy (non-hydrogen) atoms. The average Bonchev–Trinajstić information content (AvgIpc) is 2.79. The molecule has 2 unspecified atom stereocenters. The summed E-state index contributed by atoms with van der Waals surface area (Å²) in [5.41, 5.74) is 1.31. The molecule has 4 rings (SSSR count). The number of hydrogen-bond acceptors (Lipinski definition) is 6. The second kappa shape index (κ2) is 8.47. The number of phenols is 1. The van der Waals surface area contributed by atoms with Crippen molar-refractivity contribution in [2.75, 3.05) is 13.7 Å². The number of phenolic OH excluding ortho intramolecular Hbond substituents is 1. The molecule has 1 aliphatic rings.